The van der Waals surface area contributed by atoms with Crippen molar-refractivity contribution in [2.75, 3.05) is 6.54 Å². The van der Waals surface area contributed by atoms with Gasteiger partial charge in [-0.25, -0.2) is 0 Å². The van der Waals surface area contributed by atoms with Gasteiger partial charge in [0.2, 0.25) is 6.54 Å². The summed E-state index contributed by atoms with van der Waals surface area (Å²) in [6.07, 6.45) is 4.44. The molecule has 1 aliphatic carbocycles. The molecule has 0 heterocycles. The Bertz CT molecular complexity index is 455. The lowest BCUT2D eigenvalue weighted by Crippen LogP contribution is -2.43. The summed E-state index contributed by atoms with van der Waals surface area (Å²) in [6.45, 7) is -0.160. The van der Waals surface area contributed by atoms with Crippen LogP contribution >= 0.6 is 0 Å². The van der Waals surface area contributed by atoms with Crippen molar-refractivity contribution in [3.63, 3.8) is 0 Å². The highest BCUT2D eigenvalue weighted by atomic mass is 32.2. The molecule has 1 atom stereocenters. The van der Waals surface area contributed by atoms with Gasteiger partial charge >= 0.3 is 0 Å². The lowest BCUT2D eigenvalue weighted by atomic mass is 9.88. The van der Waals surface area contributed by atoms with Crippen LogP contribution < -0.4 is 0 Å². The van der Waals surface area contributed by atoms with Crippen LogP contribution in [-0.2, 0) is 16.6 Å². The zero-order valence-corrected chi connectivity index (χ0v) is 11.7. The highest BCUT2D eigenvalue weighted by Crippen LogP contribution is 2.35. The molecule has 0 spiro atoms. The second-order valence-electron chi connectivity index (χ2n) is 5.21. The maximum atomic E-state index is 12.6. The van der Waals surface area contributed by atoms with Crippen molar-refractivity contribution in [1.82, 2.24) is 0 Å². The summed E-state index contributed by atoms with van der Waals surface area (Å²) < 4.78 is 12.0. The van der Waals surface area contributed by atoms with E-state index in [1.165, 1.54) is 0 Å². The number of hydrogen-bond acceptors (Lipinski definition) is 3. The van der Waals surface area contributed by atoms with Crippen molar-refractivity contribution in [2.45, 2.75) is 42.6 Å². The molecule has 19 heavy (non-hydrogen) atoms. The highest BCUT2D eigenvalue weighted by molar-refractivity contribution is 7.85. The van der Waals surface area contributed by atoms with Crippen LogP contribution in [0.15, 0.2) is 30.3 Å². The quantitative estimate of drug-likeness (QED) is 0.616. The summed E-state index contributed by atoms with van der Waals surface area (Å²) in [6, 6.07) is 9.60. The second-order valence-corrected chi connectivity index (χ2v) is 7.06. The van der Waals surface area contributed by atoms with Crippen LogP contribution in [0.2, 0.25) is 0 Å². The van der Waals surface area contributed by atoms with Crippen molar-refractivity contribution in [3.8, 4) is 0 Å². The fourth-order valence-corrected chi connectivity index (χ4v) is 4.56. The first kappa shape index (κ1) is 14.2. The molecular weight excluding hydrogens is 262 g/mol. The molecule has 1 unspecified atom stereocenters. The van der Waals surface area contributed by atoms with Crippen LogP contribution in [0.1, 0.15) is 37.7 Å². The van der Waals surface area contributed by atoms with Gasteiger partial charge in [0.05, 0.1) is 0 Å². The average Bonchev–Trinajstić information content (AvgIpc) is 2.40. The first-order chi connectivity index (χ1) is 9.12. The Labute approximate surface area is 115 Å². The molecule has 0 bridgehead atoms. The van der Waals surface area contributed by atoms with E-state index in [1.807, 2.05) is 30.3 Å². The molecule has 0 N–H and O–H groups in total. The summed E-state index contributed by atoms with van der Waals surface area (Å²) in [5.41, 5.74) is 0.995. The zero-order chi connectivity index (χ0) is 13.7. The molecule has 5 heteroatoms. The van der Waals surface area contributed by atoms with Gasteiger partial charge in [0.15, 0.2) is 0 Å². The predicted molar refractivity (Wildman–Crippen MR) is 76.0 cm³/mol. The summed E-state index contributed by atoms with van der Waals surface area (Å²) >= 11 is 0. The Balaban J connectivity index is 2.13. The summed E-state index contributed by atoms with van der Waals surface area (Å²) in [4.78, 5) is 10.6. The lowest BCUT2D eigenvalue weighted by Gasteiger charge is -2.32. The van der Waals surface area contributed by atoms with Crippen LogP contribution in [0.3, 0.4) is 0 Å². The third-order valence-electron chi connectivity index (χ3n) is 3.81. The minimum atomic E-state index is -1.18. The molecule has 2 rings (SSSR count). The predicted octanol–water partition coefficient (Wildman–Crippen LogP) is 2.91. The minimum Gasteiger partial charge on any atom is -0.264 e. The van der Waals surface area contributed by atoms with Gasteiger partial charge < -0.3 is 0 Å². The molecule has 0 radical (unpaired) electrons. The lowest BCUT2D eigenvalue weighted by molar-refractivity contribution is -0.485. The summed E-state index contributed by atoms with van der Waals surface area (Å²) in [5.74, 6) is 0.425. The molecule has 0 amide bonds. The molecule has 1 saturated carbocycles. The summed E-state index contributed by atoms with van der Waals surface area (Å²) in [5, 5.41) is 10.9. The van der Waals surface area contributed by atoms with Gasteiger partial charge in [-0.05, 0) is 18.4 Å². The topological polar surface area (TPSA) is 60.2 Å². The van der Waals surface area contributed by atoms with Crippen molar-refractivity contribution in [3.05, 3.63) is 46.0 Å². The van der Waals surface area contributed by atoms with E-state index >= 15 is 0 Å². The molecule has 1 fully saturated rings. The van der Waals surface area contributed by atoms with Crippen molar-refractivity contribution in [2.24, 2.45) is 0 Å². The van der Waals surface area contributed by atoms with Gasteiger partial charge in [-0.2, -0.15) is 0 Å². The van der Waals surface area contributed by atoms with Crippen molar-refractivity contribution < 1.29 is 9.13 Å². The third-order valence-corrected chi connectivity index (χ3v) is 5.90. The maximum Gasteiger partial charge on any atom is 0.220 e. The molecule has 0 aliphatic heterocycles. The fourth-order valence-electron chi connectivity index (χ4n) is 2.77. The molecule has 104 valence electrons. The van der Waals surface area contributed by atoms with Crippen LogP contribution in [0, 0.1) is 10.1 Å². The van der Waals surface area contributed by atoms with Crippen LogP contribution in [-0.4, -0.2) is 20.4 Å². The van der Waals surface area contributed by atoms with Gasteiger partial charge in [0.1, 0.15) is 4.75 Å². The number of hydrogen-bond donors (Lipinski definition) is 0. The van der Waals surface area contributed by atoms with Gasteiger partial charge in [-0.15, -0.1) is 0 Å². The van der Waals surface area contributed by atoms with E-state index in [2.05, 4.69) is 0 Å². The van der Waals surface area contributed by atoms with Crippen molar-refractivity contribution in [1.29, 1.82) is 0 Å². The first-order valence-corrected chi connectivity index (χ1v) is 7.98. The second kappa shape index (κ2) is 6.28. The number of benzene rings is 1. The normalized spacial score (nSPS) is 19.8. The summed E-state index contributed by atoms with van der Waals surface area (Å²) in [7, 11) is -1.18. The first-order valence-electron chi connectivity index (χ1n) is 6.67. The fraction of sp³-hybridized carbons (Fsp3) is 0.571. The van der Waals surface area contributed by atoms with E-state index in [1.54, 1.807) is 0 Å². The largest absolute Gasteiger partial charge is 0.264 e. The molecule has 1 aliphatic rings. The van der Waals surface area contributed by atoms with Crippen LogP contribution in [0.25, 0.3) is 0 Å². The smallest absolute Gasteiger partial charge is 0.220 e. The SMILES string of the molecule is O=[N+]([O-])CC1(S(=O)Cc2ccccc2)CCCCC1. The van der Waals surface area contributed by atoms with E-state index < -0.39 is 15.5 Å². The molecule has 0 saturated heterocycles. The molecule has 0 aromatic heterocycles. The number of nitrogens with zero attached hydrogens (tertiary/aromatic N) is 1. The van der Waals surface area contributed by atoms with Gasteiger partial charge in [-0.1, -0.05) is 49.6 Å². The Kier molecular flexibility index (Phi) is 4.69. The minimum absolute atomic E-state index is 0.160. The average molecular weight is 281 g/mol. The molecular formula is C14H19NO3S. The Morgan fingerprint density at radius 3 is 2.37 bits per heavy atom. The van der Waals surface area contributed by atoms with Gasteiger partial charge in [-0.3, -0.25) is 14.3 Å². The van der Waals surface area contributed by atoms with Gasteiger partial charge in [0, 0.05) is 21.5 Å². The maximum absolute atomic E-state index is 12.6. The standard InChI is InChI=1S/C14H19NO3S/c16-15(17)12-14(9-5-2-6-10-14)19(18)11-13-7-3-1-4-8-13/h1,3-4,7-8H,2,5-6,9-12H2. The molecule has 4 nitrogen and oxygen atoms in total. The highest BCUT2D eigenvalue weighted by Gasteiger charge is 2.42. The van der Waals surface area contributed by atoms with E-state index in [-0.39, 0.29) is 11.5 Å². The van der Waals surface area contributed by atoms with Gasteiger partial charge in [0.25, 0.3) is 0 Å². The Morgan fingerprint density at radius 1 is 1.16 bits per heavy atom. The zero-order valence-electron chi connectivity index (χ0n) is 10.9. The third kappa shape index (κ3) is 3.62. The van der Waals surface area contributed by atoms with E-state index in [0.29, 0.717) is 18.6 Å². The molecule has 1 aromatic carbocycles. The number of nitro groups is 1. The van der Waals surface area contributed by atoms with E-state index in [4.69, 9.17) is 0 Å². The number of rotatable bonds is 5. The Morgan fingerprint density at radius 2 is 1.79 bits per heavy atom. The van der Waals surface area contributed by atoms with E-state index in [0.717, 1.165) is 24.8 Å². The van der Waals surface area contributed by atoms with Crippen molar-refractivity contribution >= 4 is 10.8 Å². The monoisotopic (exact) mass is 281 g/mol. The molecule has 1 aromatic rings. The van der Waals surface area contributed by atoms with Crippen LogP contribution in [0.5, 0.6) is 0 Å². The van der Waals surface area contributed by atoms with E-state index in [9.17, 15) is 14.3 Å². The Hall–Kier alpha value is -1.23. The van der Waals surface area contributed by atoms with Crippen LogP contribution in [0.4, 0.5) is 0 Å².